The molecule has 1 heterocycles. The molecule has 1 aromatic rings. The smallest absolute Gasteiger partial charge is 0.178 e. The lowest BCUT2D eigenvalue weighted by Crippen LogP contribution is -2.35. The van der Waals surface area contributed by atoms with Crippen molar-refractivity contribution in [1.82, 2.24) is 14.7 Å². The van der Waals surface area contributed by atoms with Crippen LogP contribution < -0.4 is 0 Å². The highest BCUT2D eigenvalue weighted by Gasteiger charge is 2.26. The zero-order valence-corrected chi connectivity index (χ0v) is 12.0. The molecular weight excluding hydrogens is 202 g/mol. The quantitative estimate of drug-likeness (QED) is 0.740. The number of hydrogen-bond acceptors (Lipinski definition) is 2. The zero-order chi connectivity index (χ0) is 11.8. The lowest BCUT2D eigenvalue weighted by Gasteiger charge is -2.21. The van der Waals surface area contributed by atoms with Crippen molar-refractivity contribution < 1.29 is 0 Å². The first-order chi connectivity index (χ1) is 6.75. The van der Waals surface area contributed by atoms with Crippen LogP contribution in [0.4, 0.5) is 0 Å². The van der Waals surface area contributed by atoms with Gasteiger partial charge in [-0.2, -0.15) is 0 Å². The van der Waals surface area contributed by atoms with E-state index in [-0.39, 0.29) is 0 Å². The minimum Gasteiger partial charge on any atom is -0.279 e. The Morgan fingerprint density at radius 3 is 1.87 bits per heavy atom. The van der Waals surface area contributed by atoms with E-state index < -0.39 is 8.24 Å². The van der Waals surface area contributed by atoms with Crippen LogP contribution in [0.2, 0.25) is 19.6 Å². The van der Waals surface area contributed by atoms with Crippen LogP contribution in [0.3, 0.4) is 0 Å². The molecule has 0 saturated carbocycles. The van der Waals surface area contributed by atoms with Crippen LogP contribution in [-0.2, 0) is 0 Å². The summed E-state index contributed by atoms with van der Waals surface area (Å²) in [7, 11) is -1.42. The van der Waals surface area contributed by atoms with Crippen molar-refractivity contribution in [2.75, 3.05) is 0 Å². The molecule has 0 aromatic carbocycles. The highest BCUT2D eigenvalue weighted by molar-refractivity contribution is 6.74. The summed E-state index contributed by atoms with van der Waals surface area (Å²) in [5, 5.41) is 8.71. The molecule has 0 atom stereocenters. The van der Waals surface area contributed by atoms with Crippen LogP contribution in [0.15, 0.2) is 0 Å². The molecule has 0 N–H and O–H groups in total. The fourth-order valence-corrected chi connectivity index (χ4v) is 3.16. The van der Waals surface area contributed by atoms with Crippen molar-refractivity contribution >= 4 is 8.24 Å². The van der Waals surface area contributed by atoms with E-state index in [1.807, 2.05) is 0 Å². The fourth-order valence-electron chi connectivity index (χ4n) is 1.75. The standard InChI is InChI=1S/C11H23N3Si/c1-8(2)10-11(9(3)4)14(13-12-10)15(5,6)7/h8-9H,1-7H3. The number of aromatic nitrogens is 3. The average Bonchev–Trinajstić information content (AvgIpc) is 2.45. The van der Waals surface area contributed by atoms with Gasteiger partial charge in [0.2, 0.25) is 0 Å². The molecule has 86 valence electrons. The third-order valence-corrected chi connectivity index (χ3v) is 4.06. The largest absolute Gasteiger partial charge is 0.279 e. The van der Waals surface area contributed by atoms with E-state index in [4.69, 9.17) is 0 Å². The Hall–Kier alpha value is -0.643. The van der Waals surface area contributed by atoms with Crippen LogP contribution in [0.1, 0.15) is 50.9 Å². The minimum absolute atomic E-state index is 0.465. The molecule has 0 fully saturated rings. The van der Waals surface area contributed by atoms with Crippen LogP contribution in [-0.4, -0.2) is 22.9 Å². The lowest BCUT2D eigenvalue weighted by atomic mass is 10.0. The molecule has 0 radical (unpaired) electrons. The molecule has 0 aliphatic rings. The Morgan fingerprint density at radius 2 is 1.53 bits per heavy atom. The van der Waals surface area contributed by atoms with Crippen molar-refractivity contribution in [1.29, 1.82) is 0 Å². The first-order valence-corrected chi connectivity index (χ1v) is 9.15. The molecule has 0 bridgehead atoms. The molecule has 1 rings (SSSR count). The number of nitrogens with zero attached hydrogens (tertiary/aromatic N) is 3. The molecule has 3 nitrogen and oxygen atoms in total. The Morgan fingerprint density at radius 1 is 1.00 bits per heavy atom. The second kappa shape index (κ2) is 4.08. The van der Waals surface area contributed by atoms with Crippen molar-refractivity contribution in [2.45, 2.75) is 59.2 Å². The van der Waals surface area contributed by atoms with Gasteiger partial charge in [0.05, 0.1) is 11.4 Å². The van der Waals surface area contributed by atoms with Gasteiger partial charge < -0.3 is 0 Å². The summed E-state index contributed by atoms with van der Waals surface area (Å²) in [5.41, 5.74) is 2.51. The summed E-state index contributed by atoms with van der Waals surface area (Å²) in [5.74, 6) is 0.969. The maximum atomic E-state index is 4.36. The van der Waals surface area contributed by atoms with Gasteiger partial charge in [0.15, 0.2) is 8.24 Å². The van der Waals surface area contributed by atoms with E-state index in [0.29, 0.717) is 11.8 Å². The van der Waals surface area contributed by atoms with E-state index in [9.17, 15) is 0 Å². The first kappa shape index (κ1) is 12.4. The molecule has 1 aromatic heterocycles. The monoisotopic (exact) mass is 225 g/mol. The molecule has 0 saturated heterocycles. The Bertz CT molecular complexity index is 334. The van der Waals surface area contributed by atoms with Gasteiger partial charge in [-0.1, -0.05) is 32.9 Å². The lowest BCUT2D eigenvalue weighted by molar-refractivity contribution is 0.732. The molecule has 0 aliphatic heterocycles. The van der Waals surface area contributed by atoms with Gasteiger partial charge in [-0.3, -0.25) is 4.35 Å². The number of rotatable bonds is 3. The third-order valence-electron chi connectivity index (χ3n) is 2.46. The summed E-state index contributed by atoms with van der Waals surface area (Å²) in [6.45, 7) is 15.7. The van der Waals surface area contributed by atoms with Crippen molar-refractivity contribution in [3.8, 4) is 0 Å². The summed E-state index contributed by atoms with van der Waals surface area (Å²) < 4.78 is 2.20. The molecular formula is C11H23N3Si. The van der Waals surface area contributed by atoms with Gasteiger partial charge in [0.1, 0.15) is 0 Å². The molecule has 0 aliphatic carbocycles. The molecule has 15 heavy (non-hydrogen) atoms. The summed E-state index contributed by atoms with van der Waals surface area (Å²) in [6.07, 6.45) is 0. The van der Waals surface area contributed by atoms with Gasteiger partial charge in [0.25, 0.3) is 0 Å². The molecule has 0 unspecified atom stereocenters. The normalized spacial score (nSPS) is 12.9. The van der Waals surface area contributed by atoms with Crippen LogP contribution >= 0.6 is 0 Å². The van der Waals surface area contributed by atoms with E-state index in [2.05, 4.69) is 62.0 Å². The van der Waals surface area contributed by atoms with Gasteiger partial charge >= 0.3 is 0 Å². The zero-order valence-electron chi connectivity index (χ0n) is 11.0. The van der Waals surface area contributed by atoms with E-state index >= 15 is 0 Å². The topological polar surface area (TPSA) is 30.7 Å². The summed E-state index contributed by atoms with van der Waals surface area (Å²) >= 11 is 0. The summed E-state index contributed by atoms with van der Waals surface area (Å²) in [6, 6.07) is 0. The Kier molecular flexibility index (Phi) is 3.38. The molecule has 4 heteroatoms. The molecule has 0 spiro atoms. The van der Waals surface area contributed by atoms with Crippen LogP contribution in [0.5, 0.6) is 0 Å². The van der Waals surface area contributed by atoms with E-state index in [1.165, 1.54) is 11.4 Å². The van der Waals surface area contributed by atoms with Crippen molar-refractivity contribution in [3.05, 3.63) is 11.4 Å². The highest BCUT2D eigenvalue weighted by Crippen LogP contribution is 2.25. The first-order valence-electron chi connectivity index (χ1n) is 5.71. The predicted octanol–water partition coefficient (Wildman–Crippen LogP) is 3.21. The minimum atomic E-state index is -1.42. The highest BCUT2D eigenvalue weighted by atomic mass is 28.3. The van der Waals surface area contributed by atoms with Crippen molar-refractivity contribution in [2.24, 2.45) is 0 Å². The summed E-state index contributed by atoms with van der Waals surface area (Å²) in [4.78, 5) is 0. The van der Waals surface area contributed by atoms with Crippen LogP contribution in [0, 0.1) is 0 Å². The van der Waals surface area contributed by atoms with Gasteiger partial charge in [0, 0.05) is 0 Å². The maximum Gasteiger partial charge on any atom is 0.178 e. The predicted molar refractivity (Wildman–Crippen MR) is 66.9 cm³/mol. The second-order valence-electron chi connectivity index (χ2n) is 5.75. The Balaban J connectivity index is 3.31. The maximum absolute atomic E-state index is 4.36. The third kappa shape index (κ3) is 2.48. The van der Waals surface area contributed by atoms with Gasteiger partial charge in [-0.25, -0.2) is 0 Å². The average molecular weight is 225 g/mol. The Labute approximate surface area is 94.0 Å². The number of hydrogen-bond donors (Lipinski definition) is 0. The SMILES string of the molecule is CC(C)c1nnn([Si](C)(C)C)c1C(C)C. The molecule has 0 amide bonds. The van der Waals surface area contributed by atoms with Crippen molar-refractivity contribution in [3.63, 3.8) is 0 Å². The van der Waals surface area contributed by atoms with E-state index in [0.717, 1.165) is 0 Å². The van der Waals surface area contributed by atoms with E-state index in [1.54, 1.807) is 0 Å². The second-order valence-corrected chi connectivity index (χ2v) is 10.5. The van der Waals surface area contributed by atoms with Gasteiger partial charge in [-0.15, -0.1) is 5.10 Å². The van der Waals surface area contributed by atoms with Gasteiger partial charge in [-0.05, 0) is 31.5 Å². The fraction of sp³-hybridized carbons (Fsp3) is 0.818. The van der Waals surface area contributed by atoms with Crippen LogP contribution in [0.25, 0.3) is 0 Å².